The first-order valence-electron chi connectivity index (χ1n) is 8.97. The minimum absolute atomic E-state index is 0.0572. The molecule has 0 unspecified atom stereocenters. The lowest BCUT2D eigenvalue weighted by molar-refractivity contribution is -0.134. The minimum atomic E-state index is -0.238. The number of amides is 1. The molecule has 3 rings (SSSR count). The van der Waals surface area contributed by atoms with Crippen molar-refractivity contribution >= 4 is 34.8 Å². The zero-order chi connectivity index (χ0) is 19.6. The summed E-state index contributed by atoms with van der Waals surface area (Å²) in [6.07, 6.45) is 0.574. The van der Waals surface area contributed by atoms with Gasteiger partial charge in [0, 0.05) is 28.1 Å². The van der Waals surface area contributed by atoms with Crippen molar-refractivity contribution in [1.82, 2.24) is 9.91 Å². The van der Waals surface area contributed by atoms with Gasteiger partial charge in [0.25, 0.3) is 5.91 Å². The zero-order valence-corrected chi connectivity index (χ0v) is 17.2. The molecule has 2 aromatic carbocycles. The van der Waals surface area contributed by atoms with Crippen molar-refractivity contribution < 1.29 is 4.79 Å². The molecule has 0 spiro atoms. The molecule has 4 nitrogen and oxygen atoms in total. The van der Waals surface area contributed by atoms with Gasteiger partial charge in [-0.25, -0.2) is 5.01 Å². The van der Waals surface area contributed by atoms with Gasteiger partial charge in [-0.05, 0) is 38.6 Å². The van der Waals surface area contributed by atoms with E-state index in [1.165, 1.54) is 0 Å². The Morgan fingerprint density at radius 1 is 1.15 bits per heavy atom. The average Bonchev–Trinajstić information content (AvgIpc) is 3.07. The summed E-state index contributed by atoms with van der Waals surface area (Å²) >= 11 is 12.8. The van der Waals surface area contributed by atoms with Crippen molar-refractivity contribution in [3.8, 4) is 0 Å². The summed E-state index contributed by atoms with van der Waals surface area (Å²) in [5.74, 6) is -0.0572. The van der Waals surface area contributed by atoms with E-state index in [9.17, 15) is 4.79 Å². The van der Waals surface area contributed by atoms with Crippen LogP contribution in [-0.2, 0) is 4.79 Å². The van der Waals surface area contributed by atoms with Crippen molar-refractivity contribution in [2.24, 2.45) is 5.10 Å². The number of rotatable bonds is 5. The Morgan fingerprint density at radius 2 is 1.78 bits per heavy atom. The van der Waals surface area contributed by atoms with Crippen LogP contribution in [0.2, 0.25) is 10.0 Å². The maximum absolute atomic E-state index is 13.0. The number of likely N-dealkylation sites (N-methyl/N-ethyl adjacent to an activating group) is 1. The number of benzene rings is 2. The number of hydrogen-bond acceptors (Lipinski definition) is 3. The third kappa shape index (κ3) is 4.34. The van der Waals surface area contributed by atoms with E-state index in [1.807, 2.05) is 60.5 Å². The van der Waals surface area contributed by atoms with Crippen LogP contribution >= 0.6 is 23.2 Å². The number of hydrazone groups is 1. The molecule has 1 aliphatic rings. The standard InChI is InChI=1S/C21H23Cl2N3O/c1-14(2)25(3)13-21(27)26-20(16-9-5-7-11-18(16)23)12-19(24-26)15-8-4-6-10-17(15)22/h4-11,14,20H,12-13H2,1-3H3/t20-/m1/s1. The predicted octanol–water partition coefficient (Wildman–Crippen LogP) is 5.01. The largest absolute Gasteiger partial charge is 0.295 e. The molecule has 0 fully saturated rings. The van der Waals surface area contributed by atoms with Crippen molar-refractivity contribution in [2.45, 2.75) is 32.4 Å². The molecule has 27 heavy (non-hydrogen) atoms. The normalized spacial score (nSPS) is 16.9. The lowest BCUT2D eigenvalue weighted by Gasteiger charge is -2.26. The molecule has 1 amide bonds. The second-order valence-electron chi connectivity index (χ2n) is 7.02. The van der Waals surface area contributed by atoms with E-state index in [-0.39, 0.29) is 24.5 Å². The third-order valence-electron chi connectivity index (χ3n) is 4.88. The molecule has 0 bridgehead atoms. The Kier molecular flexibility index (Phi) is 6.20. The first-order chi connectivity index (χ1) is 12.9. The van der Waals surface area contributed by atoms with Gasteiger partial charge in [0.15, 0.2) is 0 Å². The fraction of sp³-hybridized carbons (Fsp3) is 0.333. The van der Waals surface area contributed by atoms with Gasteiger partial charge in [-0.2, -0.15) is 5.10 Å². The van der Waals surface area contributed by atoms with Crippen molar-refractivity contribution in [3.05, 3.63) is 69.7 Å². The zero-order valence-electron chi connectivity index (χ0n) is 15.7. The summed E-state index contributed by atoms with van der Waals surface area (Å²) in [4.78, 5) is 15.0. The van der Waals surface area contributed by atoms with Crippen LogP contribution < -0.4 is 0 Å². The van der Waals surface area contributed by atoms with Crippen molar-refractivity contribution in [1.29, 1.82) is 0 Å². The highest BCUT2D eigenvalue weighted by atomic mass is 35.5. The van der Waals surface area contributed by atoms with Crippen LogP contribution in [0.15, 0.2) is 53.6 Å². The Balaban J connectivity index is 1.96. The van der Waals surface area contributed by atoms with Gasteiger partial charge in [0.05, 0.1) is 18.3 Å². The topological polar surface area (TPSA) is 35.9 Å². The van der Waals surface area contributed by atoms with E-state index in [0.717, 1.165) is 16.8 Å². The van der Waals surface area contributed by atoms with Crippen LogP contribution in [0.5, 0.6) is 0 Å². The highest BCUT2D eigenvalue weighted by Crippen LogP contribution is 2.37. The molecule has 2 aromatic rings. The summed E-state index contributed by atoms with van der Waals surface area (Å²) < 4.78 is 0. The Bertz CT molecular complexity index is 866. The SMILES string of the molecule is CC(C)N(C)CC(=O)N1N=C(c2ccccc2Cl)C[C@@H]1c1ccccc1Cl. The molecule has 1 aliphatic heterocycles. The highest BCUT2D eigenvalue weighted by molar-refractivity contribution is 6.34. The monoisotopic (exact) mass is 403 g/mol. The number of carbonyl (C=O) groups is 1. The summed E-state index contributed by atoms with van der Waals surface area (Å²) in [6.45, 7) is 4.40. The van der Waals surface area contributed by atoms with E-state index >= 15 is 0 Å². The quantitative estimate of drug-likeness (QED) is 0.702. The second kappa shape index (κ2) is 8.42. The predicted molar refractivity (Wildman–Crippen MR) is 111 cm³/mol. The van der Waals surface area contributed by atoms with Gasteiger partial charge in [-0.1, -0.05) is 59.6 Å². The smallest absolute Gasteiger partial charge is 0.257 e. The minimum Gasteiger partial charge on any atom is -0.295 e. The maximum atomic E-state index is 13.0. The Labute approximate surface area is 170 Å². The van der Waals surface area contributed by atoms with Gasteiger partial charge in [0.2, 0.25) is 0 Å². The average molecular weight is 404 g/mol. The van der Waals surface area contributed by atoms with Gasteiger partial charge in [-0.15, -0.1) is 0 Å². The molecular weight excluding hydrogens is 381 g/mol. The molecule has 1 atom stereocenters. The van der Waals surface area contributed by atoms with Crippen molar-refractivity contribution in [2.75, 3.05) is 13.6 Å². The maximum Gasteiger partial charge on any atom is 0.257 e. The molecule has 0 aromatic heterocycles. The van der Waals surface area contributed by atoms with E-state index in [0.29, 0.717) is 16.5 Å². The highest BCUT2D eigenvalue weighted by Gasteiger charge is 2.35. The summed E-state index contributed by atoms with van der Waals surface area (Å²) in [5, 5.41) is 7.49. The number of nitrogens with zero attached hydrogens (tertiary/aromatic N) is 3. The van der Waals surface area contributed by atoms with E-state index in [1.54, 1.807) is 5.01 Å². The lowest BCUT2D eigenvalue weighted by Crippen LogP contribution is -2.39. The molecule has 0 saturated carbocycles. The molecule has 0 N–H and O–H groups in total. The van der Waals surface area contributed by atoms with Gasteiger partial charge >= 0.3 is 0 Å². The second-order valence-corrected chi connectivity index (χ2v) is 7.83. The van der Waals surface area contributed by atoms with E-state index < -0.39 is 0 Å². The van der Waals surface area contributed by atoms with Crippen LogP contribution in [0.4, 0.5) is 0 Å². The molecule has 1 heterocycles. The molecule has 0 saturated heterocycles. The summed E-state index contributed by atoms with van der Waals surface area (Å²) in [6, 6.07) is 15.2. The summed E-state index contributed by atoms with van der Waals surface area (Å²) in [7, 11) is 1.93. The fourth-order valence-electron chi connectivity index (χ4n) is 3.05. The Morgan fingerprint density at radius 3 is 2.41 bits per heavy atom. The molecule has 142 valence electrons. The van der Waals surface area contributed by atoms with Gasteiger partial charge < -0.3 is 0 Å². The third-order valence-corrected chi connectivity index (χ3v) is 5.55. The van der Waals surface area contributed by atoms with Gasteiger partial charge in [-0.3, -0.25) is 9.69 Å². The first-order valence-corrected chi connectivity index (χ1v) is 9.73. The van der Waals surface area contributed by atoms with Crippen LogP contribution in [0.3, 0.4) is 0 Å². The van der Waals surface area contributed by atoms with Gasteiger partial charge in [0.1, 0.15) is 0 Å². The van der Waals surface area contributed by atoms with Crippen LogP contribution in [-0.4, -0.2) is 41.2 Å². The number of carbonyl (C=O) groups excluding carboxylic acids is 1. The lowest BCUT2D eigenvalue weighted by atomic mass is 9.98. The molecule has 6 heteroatoms. The number of halogens is 2. The van der Waals surface area contributed by atoms with Crippen LogP contribution in [0, 0.1) is 0 Å². The van der Waals surface area contributed by atoms with Crippen LogP contribution in [0.1, 0.15) is 37.4 Å². The molecular formula is C21H23Cl2N3O. The number of hydrogen-bond donors (Lipinski definition) is 0. The molecule has 0 radical (unpaired) electrons. The first kappa shape index (κ1) is 19.9. The Hall–Kier alpha value is -1.88. The van der Waals surface area contributed by atoms with Crippen molar-refractivity contribution in [3.63, 3.8) is 0 Å². The van der Waals surface area contributed by atoms with E-state index in [4.69, 9.17) is 23.2 Å². The van der Waals surface area contributed by atoms with E-state index in [2.05, 4.69) is 18.9 Å². The fourth-order valence-corrected chi connectivity index (χ4v) is 3.56. The molecule has 0 aliphatic carbocycles. The van der Waals surface area contributed by atoms with Crippen LogP contribution in [0.25, 0.3) is 0 Å². The summed E-state index contributed by atoms with van der Waals surface area (Å²) in [5.41, 5.74) is 2.54.